The van der Waals surface area contributed by atoms with Crippen LogP contribution in [-0.2, 0) is 4.74 Å². The van der Waals surface area contributed by atoms with Gasteiger partial charge in [0.1, 0.15) is 0 Å². The maximum absolute atomic E-state index is 11.2. The molecular weight excluding hydrogens is 262 g/mol. The Hall–Kier alpha value is -0.120. The first-order chi connectivity index (χ1) is 10.2. The molecule has 3 rings (SSSR count). The first-order valence-corrected chi connectivity index (χ1v) is 9.25. The van der Waals surface area contributed by atoms with Gasteiger partial charge in [-0.05, 0) is 57.4 Å². The average molecular weight is 295 g/mol. The van der Waals surface area contributed by atoms with Gasteiger partial charge in [0.15, 0.2) is 0 Å². The van der Waals surface area contributed by atoms with Crippen LogP contribution in [0, 0.1) is 5.92 Å². The van der Waals surface area contributed by atoms with Crippen LogP contribution in [0.15, 0.2) is 0 Å². The molecule has 2 heterocycles. The summed E-state index contributed by atoms with van der Waals surface area (Å²) in [5.74, 6) is 0.466. The van der Waals surface area contributed by atoms with E-state index in [1.54, 1.807) is 0 Å². The largest absolute Gasteiger partial charge is 0.389 e. The van der Waals surface area contributed by atoms with Crippen LogP contribution in [0.2, 0.25) is 0 Å². The van der Waals surface area contributed by atoms with E-state index in [4.69, 9.17) is 4.74 Å². The van der Waals surface area contributed by atoms with Gasteiger partial charge >= 0.3 is 0 Å². The Balaban J connectivity index is 1.60. The normalized spacial score (nSPS) is 33.1. The van der Waals surface area contributed by atoms with Crippen LogP contribution in [0.25, 0.3) is 0 Å². The van der Waals surface area contributed by atoms with E-state index in [0.29, 0.717) is 5.92 Å². The molecule has 122 valence electrons. The van der Waals surface area contributed by atoms with E-state index in [1.807, 2.05) is 0 Å². The minimum atomic E-state index is -0.418. The van der Waals surface area contributed by atoms with Crippen molar-refractivity contribution in [1.82, 2.24) is 4.90 Å². The van der Waals surface area contributed by atoms with E-state index in [2.05, 4.69) is 11.8 Å². The number of nitrogens with zero attached hydrogens (tertiary/aromatic N) is 1. The summed E-state index contributed by atoms with van der Waals surface area (Å²) >= 11 is 0. The lowest BCUT2D eigenvalue weighted by atomic mass is 9.68. The molecule has 0 radical (unpaired) electrons. The number of aliphatic hydroxyl groups is 1. The van der Waals surface area contributed by atoms with Crippen LogP contribution in [0.5, 0.6) is 0 Å². The Morgan fingerprint density at radius 2 is 1.81 bits per heavy atom. The van der Waals surface area contributed by atoms with Crippen LogP contribution < -0.4 is 0 Å². The predicted octanol–water partition coefficient (Wildman–Crippen LogP) is 3.35. The Bertz CT molecular complexity index is 325. The Morgan fingerprint density at radius 1 is 1.10 bits per heavy atom. The number of ether oxygens (including phenoxy) is 1. The van der Waals surface area contributed by atoms with E-state index in [1.165, 1.54) is 45.1 Å². The molecule has 1 N–H and O–H groups in total. The number of hydrogen-bond acceptors (Lipinski definition) is 3. The second-order valence-electron chi connectivity index (χ2n) is 7.73. The zero-order valence-corrected chi connectivity index (χ0v) is 13.8. The summed E-state index contributed by atoms with van der Waals surface area (Å²) in [4.78, 5) is 2.52. The van der Waals surface area contributed by atoms with Crippen molar-refractivity contribution in [2.45, 2.75) is 82.3 Å². The summed E-state index contributed by atoms with van der Waals surface area (Å²) in [5, 5.41) is 11.2. The van der Waals surface area contributed by atoms with E-state index >= 15 is 0 Å². The van der Waals surface area contributed by atoms with Gasteiger partial charge in [0.25, 0.3) is 0 Å². The van der Waals surface area contributed by atoms with Gasteiger partial charge in [0.2, 0.25) is 0 Å². The van der Waals surface area contributed by atoms with E-state index < -0.39 is 5.60 Å². The van der Waals surface area contributed by atoms with Crippen molar-refractivity contribution in [3.8, 4) is 0 Å². The van der Waals surface area contributed by atoms with Gasteiger partial charge in [-0.25, -0.2) is 0 Å². The van der Waals surface area contributed by atoms with Crippen molar-refractivity contribution in [3.05, 3.63) is 0 Å². The van der Waals surface area contributed by atoms with Crippen LogP contribution >= 0.6 is 0 Å². The topological polar surface area (TPSA) is 32.7 Å². The van der Waals surface area contributed by atoms with Crippen molar-refractivity contribution < 1.29 is 9.84 Å². The molecule has 3 aliphatic rings. The first-order valence-electron chi connectivity index (χ1n) is 9.25. The summed E-state index contributed by atoms with van der Waals surface area (Å²) in [7, 11) is 0. The molecule has 1 saturated carbocycles. The van der Waals surface area contributed by atoms with Crippen molar-refractivity contribution in [2.75, 3.05) is 26.2 Å². The average Bonchev–Trinajstić information content (AvgIpc) is 2.51. The van der Waals surface area contributed by atoms with Crippen molar-refractivity contribution in [1.29, 1.82) is 0 Å². The zero-order valence-electron chi connectivity index (χ0n) is 13.8. The molecular formula is C18H33NO2. The second-order valence-corrected chi connectivity index (χ2v) is 7.73. The number of likely N-dealkylation sites (tertiary alicyclic amines) is 1. The third-order valence-electron chi connectivity index (χ3n) is 6.28. The minimum absolute atomic E-state index is 0.122. The third kappa shape index (κ3) is 3.46. The van der Waals surface area contributed by atoms with Gasteiger partial charge in [0, 0.05) is 19.7 Å². The second kappa shape index (κ2) is 6.55. The summed E-state index contributed by atoms with van der Waals surface area (Å²) < 4.78 is 6.21. The molecule has 2 saturated heterocycles. The van der Waals surface area contributed by atoms with Crippen LogP contribution in [0.3, 0.4) is 0 Å². The molecule has 3 fully saturated rings. The SMILES string of the molecule is CCCN1CCC(O)(C2CCOC3(CCCCC3)C2)CC1. The Morgan fingerprint density at radius 3 is 2.48 bits per heavy atom. The number of rotatable bonds is 3. The fourth-order valence-electron chi connectivity index (χ4n) is 4.92. The fraction of sp³-hybridized carbons (Fsp3) is 1.00. The smallest absolute Gasteiger partial charge is 0.0702 e. The highest BCUT2D eigenvalue weighted by molar-refractivity contribution is 4.98. The predicted molar refractivity (Wildman–Crippen MR) is 85.4 cm³/mol. The molecule has 3 nitrogen and oxygen atoms in total. The van der Waals surface area contributed by atoms with E-state index in [-0.39, 0.29) is 5.60 Å². The lowest BCUT2D eigenvalue weighted by Crippen LogP contribution is -2.54. The van der Waals surface area contributed by atoms with Crippen LogP contribution in [0.1, 0.15) is 71.1 Å². The van der Waals surface area contributed by atoms with Crippen LogP contribution in [0.4, 0.5) is 0 Å². The van der Waals surface area contributed by atoms with E-state index in [9.17, 15) is 5.11 Å². The summed E-state index contributed by atoms with van der Waals surface area (Å²) in [6.07, 6.45) is 11.8. The summed E-state index contributed by atoms with van der Waals surface area (Å²) in [6.45, 7) is 6.45. The monoisotopic (exact) mass is 295 g/mol. The Labute approximate surface area is 130 Å². The van der Waals surface area contributed by atoms with Crippen molar-refractivity contribution in [2.24, 2.45) is 5.92 Å². The molecule has 1 aliphatic carbocycles. The summed E-state index contributed by atoms with van der Waals surface area (Å²) in [6, 6.07) is 0. The van der Waals surface area contributed by atoms with Gasteiger partial charge in [0.05, 0.1) is 11.2 Å². The molecule has 1 atom stereocenters. The minimum Gasteiger partial charge on any atom is -0.389 e. The number of hydrogen-bond donors (Lipinski definition) is 1. The third-order valence-corrected chi connectivity index (χ3v) is 6.28. The van der Waals surface area contributed by atoms with E-state index in [0.717, 1.165) is 45.4 Å². The molecule has 1 unspecified atom stereocenters. The fourth-order valence-corrected chi connectivity index (χ4v) is 4.92. The van der Waals surface area contributed by atoms with Gasteiger partial charge in [-0.3, -0.25) is 0 Å². The molecule has 21 heavy (non-hydrogen) atoms. The molecule has 0 aromatic rings. The van der Waals surface area contributed by atoms with Crippen molar-refractivity contribution in [3.63, 3.8) is 0 Å². The lowest BCUT2D eigenvalue weighted by molar-refractivity contribution is -0.166. The van der Waals surface area contributed by atoms with Gasteiger partial charge < -0.3 is 14.7 Å². The van der Waals surface area contributed by atoms with Crippen molar-refractivity contribution >= 4 is 0 Å². The van der Waals surface area contributed by atoms with Gasteiger partial charge in [-0.2, -0.15) is 0 Å². The highest BCUT2D eigenvalue weighted by Gasteiger charge is 2.47. The number of piperidine rings is 1. The highest BCUT2D eigenvalue weighted by Crippen LogP contribution is 2.46. The molecule has 3 heteroatoms. The first kappa shape index (κ1) is 15.8. The molecule has 0 bridgehead atoms. The summed E-state index contributed by atoms with van der Waals surface area (Å²) in [5.41, 5.74) is -0.296. The standard InChI is InChI=1S/C18H33NO2/c1-2-11-19-12-9-18(20,10-13-19)16-6-14-21-17(15-16)7-4-3-5-8-17/h16,20H,2-15H2,1H3. The zero-order chi connectivity index (χ0) is 14.8. The maximum Gasteiger partial charge on any atom is 0.0702 e. The maximum atomic E-state index is 11.2. The molecule has 0 aromatic heterocycles. The van der Waals surface area contributed by atoms with Gasteiger partial charge in [-0.1, -0.05) is 26.2 Å². The quantitative estimate of drug-likeness (QED) is 0.866. The highest BCUT2D eigenvalue weighted by atomic mass is 16.5. The van der Waals surface area contributed by atoms with Crippen LogP contribution in [-0.4, -0.2) is 47.4 Å². The Kier molecular flexibility index (Phi) is 4.92. The van der Waals surface area contributed by atoms with Gasteiger partial charge in [-0.15, -0.1) is 0 Å². The molecule has 2 aliphatic heterocycles. The molecule has 1 spiro atoms. The molecule has 0 amide bonds. The molecule has 0 aromatic carbocycles. The lowest BCUT2D eigenvalue weighted by Gasteiger charge is -2.50.